The van der Waals surface area contributed by atoms with Crippen LogP contribution in [-0.4, -0.2) is 78.3 Å². The number of carbonyl (C=O) groups is 4. The third-order valence-corrected chi connectivity index (χ3v) is 17.3. The van der Waals surface area contributed by atoms with Crippen LogP contribution < -0.4 is 19.3 Å². The maximum atomic E-state index is 14.1. The Balaban J connectivity index is 0.000000146. The number of nitrogens with zero attached hydrogens (tertiary/aromatic N) is 4. The van der Waals surface area contributed by atoms with Gasteiger partial charge in [-0.3, -0.25) is 9.59 Å². The molecule has 13 rings (SSSR count). The standard InChI is InChI=1S/C34H30N2O4.C21H16BrNO2.C19H26BNO4/c1-24-20-28(27-16-18-35(19-17-27)34(38)39-23-26-12-6-3-7-13-26)32-29(21-24)33(37)36(22-25-10-4-2-5-11-25)30-14-8-9-15-31(30)40-32;1-14-11-16-20(17(22)12-14)25-19-10-6-5-9-18(19)23(21(16)24)13-15-7-3-2-4-8-15;1-18(2)19(3,4)25-20(24-18)16-10-12-21(13-11-16)17(22)23-14-15-8-6-5-7-9-15/h2-16,20-21H,17-19,22-23H2,1H3;2-12H,13H2,1H3;5-10H,11-14H2,1-4H3. The Bertz CT molecular complexity index is 3960. The molecule has 5 aliphatic rings. The van der Waals surface area contributed by atoms with E-state index >= 15 is 0 Å². The van der Waals surface area contributed by atoms with Crippen molar-refractivity contribution in [1.82, 2.24) is 9.80 Å². The lowest BCUT2D eigenvalue weighted by Gasteiger charge is -2.32. The molecule has 0 saturated carbocycles. The van der Waals surface area contributed by atoms with Gasteiger partial charge >= 0.3 is 19.3 Å². The molecule has 0 atom stereocenters. The Morgan fingerprint density at radius 3 is 1.36 bits per heavy atom. The molecule has 5 heterocycles. The number of anilines is 2. The molecule has 458 valence electrons. The molecule has 1 saturated heterocycles. The summed E-state index contributed by atoms with van der Waals surface area (Å²) < 4.78 is 36.5. The summed E-state index contributed by atoms with van der Waals surface area (Å²) in [6.07, 6.45) is 4.80. The number of carbonyl (C=O) groups excluding carboxylic acids is 4. The first kappa shape index (κ1) is 62.4. The number of hydrogen-bond acceptors (Lipinski definition) is 10. The van der Waals surface area contributed by atoms with Crippen LogP contribution in [0.2, 0.25) is 0 Å². The van der Waals surface area contributed by atoms with Crippen LogP contribution in [0, 0.1) is 13.8 Å². The van der Waals surface area contributed by atoms with Crippen molar-refractivity contribution in [2.24, 2.45) is 0 Å². The zero-order valence-electron chi connectivity index (χ0n) is 51.5. The van der Waals surface area contributed by atoms with Gasteiger partial charge < -0.3 is 47.9 Å². The first-order chi connectivity index (χ1) is 43.5. The van der Waals surface area contributed by atoms with Gasteiger partial charge in [-0.05, 0) is 163 Å². The molecule has 0 spiro atoms. The summed E-state index contributed by atoms with van der Waals surface area (Å²) in [6.45, 7) is 15.7. The molecule has 0 radical (unpaired) electrons. The molecule has 0 aliphatic carbocycles. The van der Waals surface area contributed by atoms with Crippen LogP contribution in [0.3, 0.4) is 0 Å². The first-order valence-corrected chi connectivity index (χ1v) is 31.1. The van der Waals surface area contributed by atoms with Gasteiger partial charge in [0.15, 0.2) is 17.2 Å². The second kappa shape index (κ2) is 27.7. The highest BCUT2D eigenvalue weighted by molar-refractivity contribution is 9.10. The van der Waals surface area contributed by atoms with Gasteiger partial charge in [-0.2, -0.15) is 0 Å². The Morgan fingerprint density at radius 1 is 0.500 bits per heavy atom. The molecule has 0 N–H and O–H groups in total. The van der Waals surface area contributed by atoms with Crippen LogP contribution >= 0.6 is 15.9 Å². The van der Waals surface area contributed by atoms with Crippen molar-refractivity contribution in [2.45, 2.75) is 91.9 Å². The topological polar surface area (TPSA) is 137 Å². The number of fused-ring (bicyclic) bond motifs is 4. The summed E-state index contributed by atoms with van der Waals surface area (Å²) in [5.41, 5.74) is 11.0. The fraction of sp³-hybridized carbons (Fsp3) is 0.243. The van der Waals surface area contributed by atoms with E-state index in [-0.39, 0.29) is 48.9 Å². The second-order valence-corrected chi connectivity index (χ2v) is 24.6. The average molecular weight is 1270 g/mol. The minimum absolute atomic E-state index is 0.0618. The van der Waals surface area contributed by atoms with Crippen LogP contribution in [0.25, 0.3) is 5.57 Å². The molecule has 0 aromatic heterocycles. The Morgan fingerprint density at radius 2 is 0.900 bits per heavy atom. The monoisotopic (exact) mass is 1270 g/mol. The highest BCUT2D eigenvalue weighted by Crippen LogP contribution is 2.46. The van der Waals surface area contributed by atoms with Crippen LogP contribution in [0.1, 0.15) is 100 Å². The number of benzene rings is 8. The van der Waals surface area contributed by atoms with E-state index in [9.17, 15) is 19.2 Å². The largest absolute Gasteiger partial charge is 0.490 e. The van der Waals surface area contributed by atoms with Gasteiger partial charge in [0, 0.05) is 31.7 Å². The highest BCUT2D eigenvalue weighted by atomic mass is 79.9. The third kappa shape index (κ3) is 14.4. The molecule has 8 aromatic rings. The predicted molar refractivity (Wildman–Crippen MR) is 355 cm³/mol. The number of rotatable bonds is 10. The smallest absolute Gasteiger partial charge is 0.454 e. The number of aryl methyl sites for hydroxylation is 2. The van der Waals surface area contributed by atoms with E-state index in [0.717, 1.165) is 72.3 Å². The molecule has 16 heteroatoms. The van der Waals surface area contributed by atoms with Crippen molar-refractivity contribution in [3.8, 4) is 23.0 Å². The maximum Gasteiger partial charge on any atom is 0.490 e. The summed E-state index contributed by atoms with van der Waals surface area (Å²) in [5.74, 6) is 2.28. The number of para-hydroxylation sites is 4. The van der Waals surface area contributed by atoms with E-state index in [1.54, 1.807) is 19.6 Å². The van der Waals surface area contributed by atoms with Gasteiger partial charge in [-0.1, -0.05) is 158 Å². The third-order valence-electron chi connectivity index (χ3n) is 16.8. The number of halogens is 1. The minimum Gasteiger partial charge on any atom is -0.454 e. The molecule has 8 aromatic carbocycles. The van der Waals surface area contributed by atoms with E-state index in [1.165, 1.54) is 0 Å². The molecular weight excluding hydrogens is 1200 g/mol. The fourth-order valence-electron chi connectivity index (χ4n) is 11.1. The van der Waals surface area contributed by atoms with Gasteiger partial charge in [0.1, 0.15) is 19.0 Å². The van der Waals surface area contributed by atoms with E-state index < -0.39 is 0 Å². The van der Waals surface area contributed by atoms with Gasteiger partial charge in [0.05, 0.1) is 51.3 Å². The second-order valence-electron chi connectivity index (χ2n) is 23.8. The zero-order chi connectivity index (χ0) is 62.9. The Hall–Kier alpha value is -9.22. The molecule has 14 nitrogen and oxygen atoms in total. The Labute approximate surface area is 535 Å². The minimum atomic E-state index is -0.343. The van der Waals surface area contributed by atoms with E-state index in [1.807, 2.05) is 242 Å². The summed E-state index contributed by atoms with van der Waals surface area (Å²) in [7, 11) is -0.326. The van der Waals surface area contributed by atoms with Crippen LogP contribution in [0.4, 0.5) is 21.0 Å². The van der Waals surface area contributed by atoms with Crippen molar-refractivity contribution < 1.29 is 47.4 Å². The molecule has 1 fully saturated rings. The molecule has 0 bridgehead atoms. The lowest BCUT2D eigenvalue weighted by molar-refractivity contribution is 0.00578. The van der Waals surface area contributed by atoms with E-state index in [2.05, 4.69) is 22.0 Å². The van der Waals surface area contributed by atoms with Crippen molar-refractivity contribution in [2.75, 3.05) is 36.0 Å². The summed E-state index contributed by atoms with van der Waals surface area (Å²) in [5, 5.41) is 0. The molecule has 4 amide bonds. The van der Waals surface area contributed by atoms with Crippen LogP contribution in [-0.2, 0) is 45.1 Å². The molecule has 5 aliphatic heterocycles. The SMILES string of the molecule is CC1(C)OB(C2=CCN(C(=O)OCc3ccccc3)CC2)OC1(C)C.Cc1cc(Br)c2c(c1)C(=O)N(Cc1ccccc1)c1ccccc1O2.Cc1cc2c(c(C3=CCN(C(=O)OCc4ccccc4)CC3)c1)Oc1ccccc1N(Cc1ccccc1)C2=O. The van der Waals surface area contributed by atoms with Crippen LogP contribution in [0.15, 0.2) is 216 Å². The summed E-state index contributed by atoms with van der Waals surface area (Å²) in [4.78, 5) is 59.3. The first-order valence-electron chi connectivity index (χ1n) is 30.3. The van der Waals surface area contributed by atoms with E-state index in [0.29, 0.717) is 86.4 Å². The van der Waals surface area contributed by atoms with Gasteiger partial charge in [0.2, 0.25) is 0 Å². The number of hydrogen-bond donors (Lipinski definition) is 0. The molecule has 0 unspecified atom stereocenters. The van der Waals surface area contributed by atoms with E-state index in [4.69, 9.17) is 28.3 Å². The number of amides is 4. The van der Waals surface area contributed by atoms with Gasteiger partial charge in [0.25, 0.3) is 11.8 Å². The maximum absolute atomic E-state index is 14.1. The fourth-order valence-corrected chi connectivity index (χ4v) is 11.8. The highest BCUT2D eigenvalue weighted by Gasteiger charge is 2.52. The lowest BCUT2D eigenvalue weighted by Crippen LogP contribution is -2.41. The van der Waals surface area contributed by atoms with Crippen molar-refractivity contribution in [3.63, 3.8) is 0 Å². The van der Waals surface area contributed by atoms with Crippen molar-refractivity contribution >= 4 is 64.0 Å². The Kier molecular flexibility index (Phi) is 19.2. The number of ether oxygens (including phenoxy) is 4. The van der Waals surface area contributed by atoms with Crippen LogP contribution in [0.5, 0.6) is 23.0 Å². The summed E-state index contributed by atoms with van der Waals surface area (Å²) >= 11 is 3.54. The average Bonchev–Trinajstić information content (AvgIpc) is 1.85. The van der Waals surface area contributed by atoms with Gasteiger partial charge in [-0.25, -0.2) is 9.59 Å². The molecular formula is C74H72BBrN4O10. The van der Waals surface area contributed by atoms with Gasteiger partial charge in [-0.15, -0.1) is 0 Å². The zero-order valence-corrected chi connectivity index (χ0v) is 53.1. The molecule has 90 heavy (non-hydrogen) atoms. The van der Waals surface area contributed by atoms with Crippen molar-refractivity contribution in [1.29, 1.82) is 0 Å². The van der Waals surface area contributed by atoms with Crippen molar-refractivity contribution in [3.05, 3.63) is 266 Å². The normalized spacial score (nSPS) is 16.1. The summed E-state index contributed by atoms with van der Waals surface area (Å²) in [6, 6.07) is 62.4. The lowest BCUT2D eigenvalue weighted by atomic mass is 9.75. The predicted octanol–water partition coefficient (Wildman–Crippen LogP) is 16.7. The quantitative estimate of drug-likeness (QED) is 0.122.